The zero-order valence-electron chi connectivity index (χ0n) is 12.6. The van der Waals surface area contributed by atoms with Crippen LogP contribution in [0.4, 0.5) is 0 Å². The van der Waals surface area contributed by atoms with Gasteiger partial charge in [0.15, 0.2) is 0 Å². The Hall–Kier alpha value is -1.78. The third kappa shape index (κ3) is 5.25. The van der Waals surface area contributed by atoms with Crippen LogP contribution >= 0.6 is 0 Å². The minimum Gasteiger partial charge on any atom is -0.467 e. The van der Waals surface area contributed by atoms with Gasteiger partial charge in [-0.1, -0.05) is 19.3 Å². The van der Waals surface area contributed by atoms with Crippen molar-refractivity contribution in [2.75, 3.05) is 6.54 Å². The number of hydrogen-bond donors (Lipinski definition) is 1. The van der Waals surface area contributed by atoms with E-state index in [2.05, 4.69) is 5.32 Å². The fraction of sp³-hybridized carbons (Fsp3) is 0.625. The lowest BCUT2D eigenvalue weighted by Gasteiger charge is -2.24. The molecule has 1 saturated carbocycles. The van der Waals surface area contributed by atoms with Crippen LogP contribution in [0.25, 0.3) is 0 Å². The second-order valence-corrected chi connectivity index (χ2v) is 5.67. The summed E-state index contributed by atoms with van der Waals surface area (Å²) in [6, 6.07) is 3.95. The summed E-state index contributed by atoms with van der Waals surface area (Å²) in [4.78, 5) is 25.2. The molecule has 0 bridgehead atoms. The third-order valence-electron chi connectivity index (χ3n) is 3.95. The van der Waals surface area contributed by atoms with E-state index in [1.165, 1.54) is 26.2 Å². The second kappa shape index (κ2) is 7.86. The van der Waals surface area contributed by atoms with E-state index in [0.29, 0.717) is 25.6 Å². The lowest BCUT2D eigenvalue weighted by atomic mass is 9.95. The summed E-state index contributed by atoms with van der Waals surface area (Å²) < 4.78 is 5.25. The molecule has 1 N–H and O–H groups in total. The molecular formula is C16H24N2O3. The Labute approximate surface area is 125 Å². The zero-order valence-corrected chi connectivity index (χ0v) is 12.6. The number of hydrogen-bond acceptors (Lipinski definition) is 3. The van der Waals surface area contributed by atoms with Crippen LogP contribution in [0, 0.1) is 0 Å². The first kappa shape index (κ1) is 15.6. The van der Waals surface area contributed by atoms with E-state index in [1.807, 2.05) is 6.07 Å². The minimum atomic E-state index is -0.0446. The maximum absolute atomic E-state index is 12.0. The summed E-state index contributed by atoms with van der Waals surface area (Å²) in [5.74, 6) is 0.724. The number of carbonyl (C=O) groups excluding carboxylic acids is 2. The molecule has 0 aliphatic heterocycles. The van der Waals surface area contributed by atoms with Gasteiger partial charge in [-0.05, 0) is 25.0 Å². The summed E-state index contributed by atoms with van der Waals surface area (Å²) >= 11 is 0. The number of amides is 2. The summed E-state index contributed by atoms with van der Waals surface area (Å²) in [5.41, 5.74) is 0. The zero-order chi connectivity index (χ0) is 15.1. The molecule has 0 aromatic carbocycles. The van der Waals surface area contributed by atoms with Crippen LogP contribution < -0.4 is 5.32 Å². The quantitative estimate of drug-likeness (QED) is 0.876. The summed E-state index contributed by atoms with van der Waals surface area (Å²) in [5, 5.41) is 3.07. The maximum atomic E-state index is 12.0. The van der Waals surface area contributed by atoms with E-state index in [1.54, 1.807) is 17.2 Å². The van der Waals surface area contributed by atoms with E-state index in [9.17, 15) is 9.59 Å². The van der Waals surface area contributed by atoms with Crippen LogP contribution in [-0.2, 0) is 16.1 Å². The number of rotatable bonds is 6. The molecule has 1 fully saturated rings. The molecule has 5 heteroatoms. The van der Waals surface area contributed by atoms with Gasteiger partial charge in [0.05, 0.1) is 12.8 Å². The van der Waals surface area contributed by atoms with Gasteiger partial charge in [0.1, 0.15) is 5.76 Å². The van der Waals surface area contributed by atoms with Crippen molar-refractivity contribution in [3.8, 4) is 0 Å². The maximum Gasteiger partial charge on any atom is 0.221 e. The highest BCUT2D eigenvalue weighted by Crippen LogP contribution is 2.17. The van der Waals surface area contributed by atoms with Crippen molar-refractivity contribution in [1.82, 2.24) is 10.2 Å². The van der Waals surface area contributed by atoms with Crippen molar-refractivity contribution in [3.63, 3.8) is 0 Å². The first-order valence-corrected chi connectivity index (χ1v) is 7.72. The molecule has 0 saturated heterocycles. The summed E-state index contributed by atoms with van der Waals surface area (Å²) in [6.07, 6.45) is 7.75. The number of carbonyl (C=O) groups is 2. The average molecular weight is 292 g/mol. The van der Waals surface area contributed by atoms with Gasteiger partial charge >= 0.3 is 0 Å². The molecule has 1 heterocycles. The van der Waals surface area contributed by atoms with Crippen LogP contribution in [0.3, 0.4) is 0 Å². The molecule has 5 nitrogen and oxygen atoms in total. The van der Waals surface area contributed by atoms with Crippen LogP contribution in [0.5, 0.6) is 0 Å². The second-order valence-electron chi connectivity index (χ2n) is 5.67. The van der Waals surface area contributed by atoms with Crippen molar-refractivity contribution in [2.45, 2.75) is 58.0 Å². The van der Waals surface area contributed by atoms with E-state index in [4.69, 9.17) is 4.42 Å². The minimum absolute atomic E-state index is 0.0348. The Balaban J connectivity index is 1.75. The summed E-state index contributed by atoms with van der Waals surface area (Å²) in [7, 11) is 0. The fourth-order valence-corrected chi connectivity index (χ4v) is 2.72. The van der Waals surface area contributed by atoms with Crippen molar-refractivity contribution < 1.29 is 14.0 Å². The SMILES string of the molecule is CC(=O)N(CCC(=O)NC1CCCCC1)Cc1ccco1. The standard InChI is InChI=1S/C16H24N2O3/c1-13(19)18(12-15-8-5-11-21-15)10-9-16(20)17-14-6-3-2-4-7-14/h5,8,11,14H,2-4,6-7,9-10,12H2,1H3,(H,17,20). The topological polar surface area (TPSA) is 62.6 Å². The average Bonchev–Trinajstić information content (AvgIpc) is 2.97. The van der Waals surface area contributed by atoms with Crippen molar-refractivity contribution in [3.05, 3.63) is 24.2 Å². The molecular weight excluding hydrogens is 268 g/mol. The molecule has 2 amide bonds. The molecule has 0 radical (unpaired) electrons. The van der Waals surface area contributed by atoms with Crippen LogP contribution in [0.15, 0.2) is 22.8 Å². The fourth-order valence-electron chi connectivity index (χ4n) is 2.72. The highest BCUT2D eigenvalue weighted by molar-refractivity contribution is 5.78. The first-order chi connectivity index (χ1) is 10.1. The molecule has 21 heavy (non-hydrogen) atoms. The number of furan rings is 1. The molecule has 1 aliphatic carbocycles. The lowest BCUT2D eigenvalue weighted by molar-refractivity contribution is -0.130. The van der Waals surface area contributed by atoms with E-state index in [-0.39, 0.29) is 11.8 Å². The Kier molecular flexibility index (Phi) is 5.84. The molecule has 1 aromatic rings. The monoisotopic (exact) mass is 292 g/mol. The van der Waals surface area contributed by atoms with Crippen LogP contribution in [0.2, 0.25) is 0 Å². The highest BCUT2D eigenvalue weighted by atomic mass is 16.3. The Bertz CT molecular complexity index is 450. The van der Waals surface area contributed by atoms with Gasteiger partial charge in [-0.25, -0.2) is 0 Å². The van der Waals surface area contributed by atoms with Crippen LogP contribution in [-0.4, -0.2) is 29.3 Å². The van der Waals surface area contributed by atoms with Gasteiger partial charge in [0.2, 0.25) is 11.8 Å². The predicted molar refractivity (Wildman–Crippen MR) is 79.4 cm³/mol. The van der Waals surface area contributed by atoms with Gasteiger partial charge in [0, 0.05) is 25.9 Å². The first-order valence-electron chi connectivity index (χ1n) is 7.72. The van der Waals surface area contributed by atoms with E-state index >= 15 is 0 Å². The third-order valence-corrected chi connectivity index (χ3v) is 3.95. The van der Waals surface area contributed by atoms with E-state index in [0.717, 1.165) is 18.6 Å². The molecule has 116 valence electrons. The Morgan fingerprint density at radius 2 is 2.10 bits per heavy atom. The molecule has 0 unspecified atom stereocenters. The lowest BCUT2D eigenvalue weighted by Crippen LogP contribution is -2.38. The van der Waals surface area contributed by atoms with Gasteiger partial charge in [-0.2, -0.15) is 0 Å². The molecule has 0 spiro atoms. The Morgan fingerprint density at radius 3 is 2.71 bits per heavy atom. The summed E-state index contributed by atoms with van der Waals surface area (Å²) in [6.45, 7) is 2.36. The highest BCUT2D eigenvalue weighted by Gasteiger charge is 2.17. The largest absolute Gasteiger partial charge is 0.467 e. The number of nitrogens with one attached hydrogen (secondary N) is 1. The van der Waals surface area contributed by atoms with Gasteiger partial charge < -0.3 is 14.6 Å². The van der Waals surface area contributed by atoms with Gasteiger partial charge in [-0.3, -0.25) is 9.59 Å². The normalized spacial score (nSPS) is 15.7. The van der Waals surface area contributed by atoms with E-state index < -0.39 is 0 Å². The molecule has 1 aliphatic rings. The smallest absolute Gasteiger partial charge is 0.221 e. The molecule has 1 aromatic heterocycles. The van der Waals surface area contributed by atoms with Crippen molar-refractivity contribution in [1.29, 1.82) is 0 Å². The van der Waals surface area contributed by atoms with Crippen molar-refractivity contribution in [2.24, 2.45) is 0 Å². The predicted octanol–water partition coefficient (Wildman–Crippen LogP) is 2.47. The van der Waals surface area contributed by atoms with Crippen LogP contribution in [0.1, 0.15) is 51.2 Å². The van der Waals surface area contributed by atoms with Gasteiger partial charge in [-0.15, -0.1) is 0 Å². The molecule has 0 atom stereocenters. The van der Waals surface area contributed by atoms with Gasteiger partial charge in [0.25, 0.3) is 0 Å². The number of nitrogens with zero attached hydrogens (tertiary/aromatic N) is 1. The van der Waals surface area contributed by atoms with Crippen molar-refractivity contribution >= 4 is 11.8 Å². The Morgan fingerprint density at radius 1 is 1.33 bits per heavy atom. The molecule has 2 rings (SSSR count).